The molecule has 3 rings (SSSR count). The molecule has 3 aromatic carbocycles. The Kier molecular flexibility index (Phi) is 7.20. The molecule has 0 spiro atoms. The first kappa shape index (κ1) is 23.3. The molecule has 3 aromatic rings. The Morgan fingerprint density at radius 3 is 2.22 bits per heavy atom. The number of ether oxygens (including phenoxy) is 1. The first-order valence-corrected chi connectivity index (χ1v) is 12.2. The molecule has 32 heavy (non-hydrogen) atoms. The summed E-state index contributed by atoms with van der Waals surface area (Å²) >= 11 is 0. The molecule has 168 valence electrons. The van der Waals surface area contributed by atoms with Crippen LogP contribution in [0.4, 0.5) is 11.4 Å². The van der Waals surface area contributed by atoms with E-state index in [1.165, 1.54) is 10.6 Å². The van der Waals surface area contributed by atoms with E-state index < -0.39 is 10.0 Å². The Bertz CT molecular complexity index is 1180. The SMILES string of the molecule is CCOc1cccc(NC(=O)c2ccc(CN(c3cc(C)cc(C)c3)S(C)(=O)=O)cc2)c1. The average Bonchev–Trinajstić information content (AvgIpc) is 2.71. The number of benzene rings is 3. The first-order chi connectivity index (χ1) is 15.2. The summed E-state index contributed by atoms with van der Waals surface area (Å²) in [4.78, 5) is 12.6. The van der Waals surface area contributed by atoms with Gasteiger partial charge in [-0.1, -0.05) is 24.3 Å². The lowest BCUT2D eigenvalue weighted by molar-refractivity contribution is 0.102. The third-order valence-corrected chi connectivity index (χ3v) is 5.98. The molecule has 1 amide bonds. The number of nitrogens with one attached hydrogen (secondary N) is 1. The second kappa shape index (κ2) is 9.87. The van der Waals surface area contributed by atoms with E-state index in [1.54, 1.807) is 36.4 Å². The Morgan fingerprint density at radius 1 is 0.969 bits per heavy atom. The standard InChI is InChI=1S/C25H28N2O4S/c1-5-31-24-8-6-7-22(16-24)26-25(28)21-11-9-20(10-12-21)17-27(32(4,29)30)23-14-18(2)13-19(3)15-23/h6-16H,5,17H2,1-4H3,(H,26,28). The van der Waals surface area contributed by atoms with Gasteiger partial charge in [0.25, 0.3) is 5.91 Å². The van der Waals surface area contributed by atoms with Crippen LogP contribution in [-0.4, -0.2) is 27.2 Å². The van der Waals surface area contributed by atoms with Crippen LogP contribution in [0.1, 0.15) is 34.0 Å². The van der Waals surface area contributed by atoms with Crippen molar-refractivity contribution in [1.82, 2.24) is 0 Å². The predicted octanol–water partition coefficient (Wildman–Crippen LogP) is 4.92. The van der Waals surface area contributed by atoms with Crippen LogP contribution < -0.4 is 14.4 Å². The Hall–Kier alpha value is -3.32. The number of anilines is 2. The molecule has 0 aliphatic rings. The molecule has 0 saturated carbocycles. The van der Waals surface area contributed by atoms with E-state index in [0.29, 0.717) is 29.3 Å². The van der Waals surface area contributed by atoms with E-state index in [-0.39, 0.29) is 12.5 Å². The van der Waals surface area contributed by atoms with Crippen molar-refractivity contribution in [1.29, 1.82) is 0 Å². The van der Waals surface area contributed by atoms with Gasteiger partial charge in [0, 0.05) is 17.3 Å². The molecular formula is C25H28N2O4S. The van der Waals surface area contributed by atoms with Crippen molar-refractivity contribution in [3.63, 3.8) is 0 Å². The van der Waals surface area contributed by atoms with Crippen LogP contribution in [0.2, 0.25) is 0 Å². The molecule has 0 fully saturated rings. The summed E-state index contributed by atoms with van der Waals surface area (Å²) in [5, 5.41) is 2.85. The van der Waals surface area contributed by atoms with Gasteiger partial charge in [0.2, 0.25) is 10.0 Å². The molecular weight excluding hydrogens is 424 g/mol. The van der Waals surface area contributed by atoms with E-state index >= 15 is 0 Å². The fourth-order valence-corrected chi connectivity index (χ4v) is 4.33. The highest BCUT2D eigenvalue weighted by molar-refractivity contribution is 7.92. The van der Waals surface area contributed by atoms with Crippen LogP contribution >= 0.6 is 0 Å². The second-order valence-corrected chi connectivity index (χ2v) is 9.63. The third-order valence-electron chi connectivity index (χ3n) is 4.84. The summed E-state index contributed by atoms with van der Waals surface area (Å²) in [5.41, 5.74) is 4.52. The highest BCUT2D eigenvalue weighted by Crippen LogP contribution is 2.24. The number of nitrogens with zero attached hydrogens (tertiary/aromatic N) is 1. The number of amides is 1. The number of aryl methyl sites for hydroxylation is 2. The molecule has 0 unspecified atom stereocenters. The highest BCUT2D eigenvalue weighted by Gasteiger charge is 2.19. The molecule has 0 saturated heterocycles. The summed E-state index contributed by atoms with van der Waals surface area (Å²) in [6.45, 7) is 6.51. The van der Waals surface area contributed by atoms with Gasteiger partial charge >= 0.3 is 0 Å². The van der Waals surface area contributed by atoms with E-state index in [1.807, 2.05) is 51.1 Å². The lowest BCUT2D eigenvalue weighted by Crippen LogP contribution is -2.29. The minimum atomic E-state index is -3.48. The van der Waals surface area contributed by atoms with E-state index in [4.69, 9.17) is 4.74 Å². The summed E-state index contributed by atoms with van der Waals surface area (Å²) in [6.07, 6.45) is 1.20. The second-order valence-electron chi connectivity index (χ2n) is 7.73. The normalized spacial score (nSPS) is 11.1. The van der Waals surface area contributed by atoms with Crippen LogP contribution in [-0.2, 0) is 16.6 Å². The molecule has 0 aliphatic carbocycles. The lowest BCUT2D eigenvalue weighted by atomic mass is 10.1. The fourth-order valence-electron chi connectivity index (χ4n) is 3.46. The van der Waals surface area contributed by atoms with E-state index in [9.17, 15) is 13.2 Å². The minimum absolute atomic E-state index is 0.181. The largest absolute Gasteiger partial charge is 0.494 e. The van der Waals surface area contributed by atoms with E-state index in [2.05, 4.69) is 5.32 Å². The van der Waals surface area contributed by atoms with Gasteiger partial charge in [-0.2, -0.15) is 0 Å². The summed E-state index contributed by atoms with van der Waals surface area (Å²) < 4.78 is 31.8. The van der Waals surface area contributed by atoms with Crippen molar-refractivity contribution in [2.24, 2.45) is 0 Å². The summed E-state index contributed by atoms with van der Waals surface area (Å²) in [6, 6.07) is 19.8. The minimum Gasteiger partial charge on any atom is -0.494 e. The number of hydrogen-bond donors (Lipinski definition) is 1. The van der Waals surface area contributed by atoms with Crippen molar-refractivity contribution in [3.05, 3.63) is 89.0 Å². The summed E-state index contributed by atoms with van der Waals surface area (Å²) in [7, 11) is -3.48. The van der Waals surface area contributed by atoms with Gasteiger partial charge < -0.3 is 10.1 Å². The molecule has 0 bridgehead atoms. The molecule has 0 aliphatic heterocycles. The fraction of sp³-hybridized carbons (Fsp3) is 0.240. The molecule has 0 heterocycles. The average molecular weight is 453 g/mol. The van der Waals surface area contributed by atoms with Crippen LogP contribution in [0.25, 0.3) is 0 Å². The first-order valence-electron chi connectivity index (χ1n) is 10.3. The number of carbonyl (C=O) groups excluding carboxylic acids is 1. The number of hydrogen-bond acceptors (Lipinski definition) is 4. The maximum atomic E-state index is 12.6. The quantitative estimate of drug-likeness (QED) is 0.526. The smallest absolute Gasteiger partial charge is 0.255 e. The van der Waals surface area contributed by atoms with Crippen LogP contribution in [0, 0.1) is 13.8 Å². The van der Waals surface area contributed by atoms with Gasteiger partial charge in [-0.05, 0) is 73.9 Å². The highest BCUT2D eigenvalue weighted by atomic mass is 32.2. The maximum Gasteiger partial charge on any atom is 0.255 e. The topological polar surface area (TPSA) is 75.7 Å². The van der Waals surface area contributed by atoms with Gasteiger partial charge in [-0.25, -0.2) is 8.42 Å². The van der Waals surface area contributed by atoms with Crippen LogP contribution in [0.15, 0.2) is 66.7 Å². The van der Waals surface area contributed by atoms with Gasteiger partial charge in [-0.3, -0.25) is 9.10 Å². The zero-order chi connectivity index (χ0) is 23.3. The monoisotopic (exact) mass is 452 g/mol. The Labute approximate surface area is 189 Å². The van der Waals surface area contributed by atoms with Crippen molar-refractivity contribution >= 4 is 27.3 Å². The third kappa shape index (κ3) is 6.11. The molecule has 1 N–H and O–H groups in total. The number of sulfonamides is 1. The Morgan fingerprint density at radius 2 is 1.62 bits per heavy atom. The van der Waals surface area contributed by atoms with Crippen LogP contribution in [0.5, 0.6) is 5.75 Å². The van der Waals surface area contributed by atoms with Gasteiger partial charge in [0.15, 0.2) is 0 Å². The van der Waals surface area contributed by atoms with E-state index in [0.717, 1.165) is 16.7 Å². The molecule has 0 aromatic heterocycles. The molecule has 0 atom stereocenters. The zero-order valence-corrected chi connectivity index (χ0v) is 19.6. The van der Waals surface area contributed by atoms with Gasteiger partial charge in [0.1, 0.15) is 5.75 Å². The number of carbonyl (C=O) groups is 1. The molecule has 0 radical (unpaired) electrons. The van der Waals surface area contributed by atoms with Crippen LogP contribution in [0.3, 0.4) is 0 Å². The number of rotatable bonds is 8. The van der Waals surface area contributed by atoms with Gasteiger partial charge in [-0.15, -0.1) is 0 Å². The Balaban J connectivity index is 1.76. The predicted molar refractivity (Wildman–Crippen MR) is 129 cm³/mol. The van der Waals surface area contributed by atoms with Crippen molar-refractivity contribution in [3.8, 4) is 5.75 Å². The lowest BCUT2D eigenvalue weighted by Gasteiger charge is -2.23. The van der Waals surface area contributed by atoms with Crippen molar-refractivity contribution < 1.29 is 17.9 Å². The van der Waals surface area contributed by atoms with Crippen molar-refractivity contribution in [2.45, 2.75) is 27.3 Å². The molecule has 7 heteroatoms. The van der Waals surface area contributed by atoms with Gasteiger partial charge in [0.05, 0.1) is 25.1 Å². The maximum absolute atomic E-state index is 12.6. The zero-order valence-electron chi connectivity index (χ0n) is 18.8. The molecule has 6 nitrogen and oxygen atoms in total. The summed E-state index contributed by atoms with van der Waals surface area (Å²) in [5.74, 6) is 0.437. The van der Waals surface area contributed by atoms with Crippen molar-refractivity contribution in [2.75, 3.05) is 22.5 Å².